The zero-order valence-corrected chi connectivity index (χ0v) is 12.8. The SMILES string of the molecule is CCC(=O)Nc1ccc(NC(=O)C(N)C2CCOCC2)cc1. The highest BCUT2D eigenvalue weighted by molar-refractivity contribution is 5.95. The van der Waals surface area contributed by atoms with Crippen LogP contribution in [0.1, 0.15) is 26.2 Å². The maximum atomic E-state index is 12.2. The fourth-order valence-corrected chi connectivity index (χ4v) is 2.40. The Morgan fingerprint density at radius 3 is 2.27 bits per heavy atom. The van der Waals surface area contributed by atoms with E-state index in [1.807, 2.05) is 0 Å². The van der Waals surface area contributed by atoms with E-state index in [-0.39, 0.29) is 17.7 Å². The van der Waals surface area contributed by atoms with Crippen molar-refractivity contribution in [3.8, 4) is 0 Å². The molecular weight excluding hydrogens is 282 g/mol. The zero-order valence-electron chi connectivity index (χ0n) is 12.8. The number of amides is 2. The second-order valence-electron chi connectivity index (χ2n) is 5.44. The van der Waals surface area contributed by atoms with Crippen molar-refractivity contribution < 1.29 is 14.3 Å². The first-order valence-corrected chi connectivity index (χ1v) is 7.64. The maximum Gasteiger partial charge on any atom is 0.241 e. The molecule has 120 valence electrons. The summed E-state index contributed by atoms with van der Waals surface area (Å²) in [6, 6.07) is 6.48. The minimum atomic E-state index is -0.525. The van der Waals surface area contributed by atoms with Crippen molar-refractivity contribution in [1.82, 2.24) is 0 Å². The molecule has 1 aromatic rings. The quantitative estimate of drug-likeness (QED) is 0.772. The normalized spacial score (nSPS) is 16.8. The van der Waals surface area contributed by atoms with Crippen LogP contribution in [0.5, 0.6) is 0 Å². The number of ether oxygens (including phenoxy) is 1. The van der Waals surface area contributed by atoms with E-state index in [1.165, 1.54) is 0 Å². The van der Waals surface area contributed by atoms with Crippen LogP contribution in [0.2, 0.25) is 0 Å². The summed E-state index contributed by atoms with van der Waals surface area (Å²) in [6.45, 7) is 3.12. The van der Waals surface area contributed by atoms with Crippen molar-refractivity contribution in [1.29, 1.82) is 0 Å². The second-order valence-corrected chi connectivity index (χ2v) is 5.44. The van der Waals surface area contributed by atoms with Crippen LogP contribution in [0.4, 0.5) is 11.4 Å². The largest absolute Gasteiger partial charge is 0.381 e. The van der Waals surface area contributed by atoms with Gasteiger partial charge in [-0.1, -0.05) is 6.92 Å². The van der Waals surface area contributed by atoms with Crippen molar-refractivity contribution in [2.75, 3.05) is 23.8 Å². The molecule has 1 fully saturated rings. The molecule has 1 aliphatic rings. The Bertz CT molecular complexity index is 510. The molecule has 0 spiro atoms. The molecule has 2 amide bonds. The van der Waals surface area contributed by atoms with Crippen LogP contribution in [0.15, 0.2) is 24.3 Å². The van der Waals surface area contributed by atoms with E-state index in [2.05, 4.69) is 10.6 Å². The van der Waals surface area contributed by atoms with Gasteiger partial charge in [0.2, 0.25) is 11.8 Å². The minimum Gasteiger partial charge on any atom is -0.381 e. The monoisotopic (exact) mass is 305 g/mol. The molecule has 1 heterocycles. The maximum absolute atomic E-state index is 12.2. The Morgan fingerprint density at radius 1 is 1.18 bits per heavy atom. The van der Waals surface area contributed by atoms with Gasteiger partial charge in [0, 0.05) is 31.0 Å². The Morgan fingerprint density at radius 2 is 1.73 bits per heavy atom. The van der Waals surface area contributed by atoms with Gasteiger partial charge >= 0.3 is 0 Å². The van der Waals surface area contributed by atoms with E-state index in [0.717, 1.165) is 12.8 Å². The fraction of sp³-hybridized carbons (Fsp3) is 0.500. The summed E-state index contributed by atoms with van der Waals surface area (Å²) in [4.78, 5) is 23.5. The van der Waals surface area contributed by atoms with Crippen molar-refractivity contribution in [3.63, 3.8) is 0 Å². The Balaban J connectivity index is 1.89. The molecule has 1 saturated heterocycles. The molecule has 0 aliphatic carbocycles. The molecule has 1 aromatic carbocycles. The Hall–Kier alpha value is -1.92. The zero-order chi connectivity index (χ0) is 15.9. The highest BCUT2D eigenvalue weighted by Crippen LogP contribution is 2.19. The van der Waals surface area contributed by atoms with Gasteiger partial charge in [0.25, 0.3) is 0 Å². The Kier molecular flexibility index (Phi) is 5.91. The van der Waals surface area contributed by atoms with Gasteiger partial charge in [-0.2, -0.15) is 0 Å². The highest BCUT2D eigenvalue weighted by atomic mass is 16.5. The van der Waals surface area contributed by atoms with Gasteiger partial charge in [0.1, 0.15) is 0 Å². The number of benzene rings is 1. The van der Waals surface area contributed by atoms with E-state index in [1.54, 1.807) is 31.2 Å². The first kappa shape index (κ1) is 16.5. The lowest BCUT2D eigenvalue weighted by atomic mass is 9.92. The predicted octanol–water partition coefficient (Wildman–Crippen LogP) is 1.73. The Labute approximate surface area is 130 Å². The van der Waals surface area contributed by atoms with Gasteiger partial charge < -0.3 is 21.1 Å². The van der Waals surface area contributed by atoms with Gasteiger partial charge in [-0.3, -0.25) is 9.59 Å². The second kappa shape index (κ2) is 7.91. The summed E-state index contributed by atoms with van der Waals surface area (Å²) in [6.07, 6.45) is 2.06. The van der Waals surface area contributed by atoms with Gasteiger partial charge in [0.15, 0.2) is 0 Å². The van der Waals surface area contributed by atoms with E-state index < -0.39 is 6.04 Å². The average Bonchev–Trinajstić information content (AvgIpc) is 2.56. The van der Waals surface area contributed by atoms with Crippen molar-refractivity contribution >= 4 is 23.2 Å². The summed E-state index contributed by atoms with van der Waals surface area (Å²) >= 11 is 0. The van der Waals surface area contributed by atoms with Gasteiger partial charge in [0.05, 0.1) is 6.04 Å². The lowest BCUT2D eigenvalue weighted by molar-refractivity contribution is -0.119. The minimum absolute atomic E-state index is 0.0432. The van der Waals surface area contributed by atoms with Gasteiger partial charge in [-0.15, -0.1) is 0 Å². The summed E-state index contributed by atoms with van der Waals surface area (Å²) in [5.74, 6) is -0.0626. The lowest BCUT2D eigenvalue weighted by Crippen LogP contribution is -2.43. The van der Waals surface area contributed by atoms with E-state index in [4.69, 9.17) is 10.5 Å². The van der Waals surface area contributed by atoms with Crippen molar-refractivity contribution in [2.24, 2.45) is 11.7 Å². The smallest absolute Gasteiger partial charge is 0.241 e. The van der Waals surface area contributed by atoms with Crippen LogP contribution in [0.25, 0.3) is 0 Å². The first-order valence-electron chi connectivity index (χ1n) is 7.64. The lowest BCUT2D eigenvalue weighted by Gasteiger charge is -2.26. The molecule has 6 heteroatoms. The third-order valence-electron chi connectivity index (χ3n) is 3.83. The number of hydrogen-bond acceptors (Lipinski definition) is 4. The van der Waals surface area contributed by atoms with E-state index in [9.17, 15) is 9.59 Å². The van der Waals surface area contributed by atoms with Gasteiger partial charge in [-0.05, 0) is 43.0 Å². The molecule has 1 atom stereocenters. The third kappa shape index (κ3) is 4.54. The first-order chi connectivity index (χ1) is 10.6. The average molecular weight is 305 g/mol. The molecule has 0 radical (unpaired) electrons. The molecule has 2 rings (SSSR count). The number of nitrogens with two attached hydrogens (primary N) is 1. The van der Waals surface area contributed by atoms with Crippen LogP contribution < -0.4 is 16.4 Å². The van der Waals surface area contributed by atoms with Crippen LogP contribution in [-0.4, -0.2) is 31.1 Å². The van der Waals surface area contributed by atoms with Crippen molar-refractivity contribution in [2.45, 2.75) is 32.2 Å². The number of nitrogens with one attached hydrogen (secondary N) is 2. The molecule has 0 saturated carbocycles. The van der Waals surface area contributed by atoms with Crippen LogP contribution in [-0.2, 0) is 14.3 Å². The molecular formula is C16H23N3O3. The topological polar surface area (TPSA) is 93.5 Å². The predicted molar refractivity (Wildman–Crippen MR) is 85.5 cm³/mol. The molecule has 6 nitrogen and oxygen atoms in total. The third-order valence-corrected chi connectivity index (χ3v) is 3.83. The van der Waals surface area contributed by atoms with Gasteiger partial charge in [-0.25, -0.2) is 0 Å². The summed E-state index contributed by atoms with van der Waals surface area (Å²) < 4.78 is 5.28. The van der Waals surface area contributed by atoms with E-state index in [0.29, 0.717) is 31.0 Å². The molecule has 4 N–H and O–H groups in total. The summed E-state index contributed by atoms with van der Waals surface area (Å²) in [7, 11) is 0. The molecule has 1 aliphatic heterocycles. The molecule has 0 aromatic heterocycles. The number of carbonyl (C=O) groups is 2. The van der Waals surface area contributed by atoms with Crippen LogP contribution >= 0.6 is 0 Å². The molecule has 22 heavy (non-hydrogen) atoms. The number of hydrogen-bond donors (Lipinski definition) is 3. The standard InChI is InChI=1S/C16H23N3O3/c1-2-14(20)18-12-3-5-13(6-4-12)19-16(21)15(17)11-7-9-22-10-8-11/h3-6,11,15H,2,7-10,17H2,1H3,(H,18,20)(H,19,21). The van der Waals surface area contributed by atoms with E-state index >= 15 is 0 Å². The summed E-state index contributed by atoms with van der Waals surface area (Å²) in [5, 5.41) is 5.57. The van der Waals surface area contributed by atoms with Crippen LogP contribution in [0.3, 0.4) is 0 Å². The van der Waals surface area contributed by atoms with Crippen LogP contribution in [0, 0.1) is 5.92 Å². The number of anilines is 2. The highest BCUT2D eigenvalue weighted by Gasteiger charge is 2.26. The number of rotatable bonds is 5. The van der Waals surface area contributed by atoms with Crippen molar-refractivity contribution in [3.05, 3.63) is 24.3 Å². The molecule has 0 bridgehead atoms. The summed E-state index contributed by atoms with van der Waals surface area (Å²) in [5.41, 5.74) is 7.40. The molecule has 1 unspecified atom stereocenters. The fourth-order valence-electron chi connectivity index (χ4n) is 2.40. The number of carbonyl (C=O) groups excluding carboxylic acids is 2.